The fourth-order valence-electron chi connectivity index (χ4n) is 2.82. The second kappa shape index (κ2) is 7.06. The van der Waals surface area contributed by atoms with E-state index in [0.29, 0.717) is 17.6 Å². The van der Waals surface area contributed by atoms with E-state index in [1.54, 1.807) is 12.1 Å². The summed E-state index contributed by atoms with van der Waals surface area (Å²) in [6.07, 6.45) is 6.16. The molecule has 1 fully saturated rings. The fraction of sp³-hybridized carbons (Fsp3) is 0.562. The number of benzene rings is 1. The summed E-state index contributed by atoms with van der Waals surface area (Å²) in [4.78, 5) is 14.7. The summed E-state index contributed by atoms with van der Waals surface area (Å²) in [5.74, 6) is 0.206. The zero-order valence-corrected chi connectivity index (χ0v) is 12.3. The Morgan fingerprint density at radius 2 is 2.00 bits per heavy atom. The third-order valence-electron chi connectivity index (χ3n) is 3.98. The predicted octanol–water partition coefficient (Wildman–Crippen LogP) is 4.18. The van der Waals surface area contributed by atoms with Crippen molar-refractivity contribution in [1.29, 1.82) is 0 Å². The van der Waals surface area contributed by atoms with Crippen LogP contribution in [0.25, 0.3) is 0 Å². The van der Waals surface area contributed by atoms with E-state index >= 15 is 0 Å². The Bertz CT molecular complexity index is 415. The van der Waals surface area contributed by atoms with Crippen LogP contribution in [-0.2, 0) is 0 Å². The van der Waals surface area contributed by atoms with Gasteiger partial charge in [-0.3, -0.25) is 9.69 Å². The molecule has 0 radical (unpaired) electrons. The summed E-state index contributed by atoms with van der Waals surface area (Å²) in [5.41, 5.74) is 0.767. The van der Waals surface area contributed by atoms with Gasteiger partial charge in [0.25, 0.3) is 0 Å². The topological polar surface area (TPSA) is 20.3 Å². The Hall–Kier alpha value is -0.860. The normalized spacial score (nSPS) is 21.1. The van der Waals surface area contributed by atoms with Crippen LogP contribution in [0.5, 0.6) is 0 Å². The molecule has 0 aliphatic carbocycles. The highest BCUT2D eigenvalue weighted by atomic mass is 35.5. The number of halogens is 1. The number of ketones is 1. The van der Waals surface area contributed by atoms with Crippen LogP contribution in [0.3, 0.4) is 0 Å². The lowest BCUT2D eigenvalue weighted by molar-refractivity contribution is 0.0890. The first-order chi connectivity index (χ1) is 9.20. The molecule has 1 saturated heterocycles. The third-order valence-corrected chi connectivity index (χ3v) is 4.24. The lowest BCUT2D eigenvalue weighted by Crippen LogP contribution is -2.38. The molecule has 1 aliphatic rings. The van der Waals surface area contributed by atoms with Crippen LogP contribution in [0.2, 0.25) is 5.02 Å². The average molecular weight is 280 g/mol. The minimum absolute atomic E-state index is 0.206. The first-order valence-electron chi connectivity index (χ1n) is 7.23. The highest BCUT2D eigenvalue weighted by molar-refractivity contribution is 6.30. The molecule has 1 atom stereocenters. The van der Waals surface area contributed by atoms with Gasteiger partial charge in [-0.25, -0.2) is 0 Å². The van der Waals surface area contributed by atoms with Crippen molar-refractivity contribution in [3.05, 3.63) is 34.9 Å². The van der Waals surface area contributed by atoms with Crippen molar-refractivity contribution in [3.8, 4) is 0 Å². The number of hydrogen-bond donors (Lipinski definition) is 0. The summed E-state index contributed by atoms with van der Waals surface area (Å²) in [5, 5.41) is 0.678. The van der Waals surface area contributed by atoms with E-state index in [2.05, 4.69) is 11.8 Å². The Kier molecular flexibility index (Phi) is 5.41. The monoisotopic (exact) mass is 279 g/mol. The number of carbonyl (C=O) groups excluding carboxylic acids is 1. The molecule has 0 aromatic heterocycles. The predicted molar refractivity (Wildman–Crippen MR) is 79.9 cm³/mol. The molecule has 1 aromatic rings. The standard InChI is InChI=1S/C16H22ClNO/c1-2-15-6-4-3-5-11-18(15)12-16(19)13-7-9-14(17)10-8-13/h7-10,15H,2-6,11-12H2,1H3. The molecule has 19 heavy (non-hydrogen) atoms. The Morgan fingerprint density at radius 1 is 1.26 bits per heavy atom. The lowest BCUT2D eigenvalue weighted by Gasteiger charge is -2.28. The number of hydrogen-bond acceptors (Lipinski definition) is 2. The van der Waals surface area contributed by atoms with Crippen LogP contribution in [0, 0.1) is 0 Å². The highest BCUT2D eigenvalue weighted by Gasteiger charge is 2.21. The van der Waals surface area contributed by atoms with Gasteiger partial charge in [-0.2, -0.15) is 0 Å². The van der Waals surface area contributed by atoms with Crippen LogP contribution < -0.4 is 0 Å². The van der Waals surface area contributed by atoms with E-state index in [-0.39, 0.29) is 5.78 Å². The number of rotatable bonds is 4. The second-order valence-electron chi connectivity index (χ2n) is 5.31. The van der Waals surface area contributed by atoms with E-state index in [1.807, 2.05) is 12.1 Å². The summed E-state index contributed by atoms with van der Waals surface area (Å²) < 4.78 is 0. The van der Waals surface area contributed by atoms with E-state index in [1.165, 1.54) is 25.7 Å². The van der Waals surface area contributed by atoms with E-state index in [4.69, 9.17) is 11.6 Å². The second-order valence-corrected chi connectivity index (χ2v) is 5.75. The molecular formula is C16H22ClNO. The summed E-state index contributed by atoms with van der Waals surface area (Å²) in [6, 6.07) is 7.79. The van der Waals surface area contributed by atoms with Crippen LogP contribution in [0.15, 0.2) is 24.3 Å². The Labute approximate surface area is 120 Å². The number of nitrogens with zero attached hydrogens (tertiary/aromatic N) is 1. The number of likely N-dealkylation sites (tertiary alicyclic amines) is 1. The number of Topliss-reactive ketones (excluding diaryl/α,β-unsaturated/α-hetero) is 1. The smallest absolute Gasteiger partial charge is 0.176 e. The molecule has 0 N–H and O–H groups in total. The zero-order chi connectivity index (χ0) is 13.7. The summed E-state index contributed by atoms with van der Waals surface area (Å²) >= 11 is 5.85. The van der Waals surface area contributed by atoms with Gasteiger partial charge < -0.3 is 0 Å². The Morgan fingerprint density at radius 3 is 2.68 bits per heavy atom. The molecule has 1 aliphatic heterocycles. The maximum atomic E-state index is 12.3. The van der Waals surface area contributed by atoms with Crippen LogP contribution in [-0.4, -0.2) is 29.8 Å². The quantitative estimate of drug-likeness (QED) is 0.771. The van der Waals surface area contributed by atoms with Gasteiger partial charge in [0.2, 0.25) is 0 Å². The maximum absolute atomic E-state index is 12.3. The average Bonchev–Trinajstić information content (AvgIpc) is 2.64. The van der Waals surface area contributed by atoms with Crippen molar-refractivity contribution < 1.29 is 4.79 Å². The van der Waals surface area contributed by atoms with Crippen LogP contribution >= 0.6 is 11.6 Å². The van der Waals surface area contributed by atoms with Gasteiger partial charge in [0.05, 0.1) is 6.54 Å². The molecule has 1 aromatic carbocycles. The molecule has 3 heteroatoms. The summed E-state index contributed by atoms with van der Waals surface area (Å²) in [7, 11) is 0. The molecule has 2 rings (SSSR count). The first-order valence-corrected chi connectivity index (χ1v) is 7.61. The van der Waals surface area contributed by atoms with Gasteiger partial charge in [0.1, 0.15) is 0 Å². The van der Waals surface area contributed by atoms with Gasteiger partial charge in [-0.1, -0.05) is 31.4 Å². The molecular weight excluding hydrogens is 258 g/mol. The molecule has 104 valence electrons. The van der Waals surface area contributed by atoms with Gasteiger partial charge in [0, 0.05) is 16.6 Å². The van der Waals surface area contributed by atoms with Crippen molar-refractivity contribution in [2.75, 3.05) is 13.1 Å². The third kappa shape index (κ3) is 4.05. The minimum Gasteiger partial charge on any atom is -0.293 e. The molecule has 1 heterocycles. The molecule has 2 nitrogen and oxygen atoms in total. The molecule has 1 unspecified atom stereocenters. The first kappa shape index (κ1) is 14.5. The van der Waals surface area contributed by atoms with Crippen LogP contribution in [0.4, 0.5) is 0 Å². The van der Waals surface area contributed by atoms with E-state index in [9.17, 15) is 4.79 Å². The van der Waals surface area contributed by atoms with Gasteiger partial charge in [0.15, 0.2) is 5.78 Å². The van der Waals surface area contributed by atoms with Crippen molar-refractivity contribution in [2.45, 2.75) is 45.1 Å². The molecule has 0 saturated carbocycles. The van der Waals surface area contributed by atoms with Crippen molar-refractivity contribution >= 4 is 17.4 Å². The van der Waals surface area contributed by atoms with Gasteiger partial charge >= 0.3 is 0 Å². The van der Waals surface area contributed by atoms with Crippen molar-refractivity contribution in [3.63, 3.8) is 0 Å². The van der Waals surface area contributed by atoms with Crippen molar-refractivity contribution in [1.82, 2.24) is 4.90 Å². The minimum atomic E-state index is 0.206. The van der Waals surface area contributed by atoms with Crippen LogP contribution in [0.1, 0.15) is 49.4 Å². The largest absolute Gasteiger partial charge is 0.293 e. The lowest BCUT2D eigenvalue weighted by atomic mass is 10.1. The fourth-order valence-corrected chi connectivity index (χ4v) is 2.94. The zero-order valence-electron chi connectivity index (χ0n) is 11.6. The molecule has 0 bridgehead atoms. The highest BCUT2D eigenvalue weighted by Crippen LogP contribution is 2.20. The van der Waals surface area contributed by atoms with Crippen molar-refractivity contribution in [2.24, 2.45) is 0 Å². The van der Waals surface area contributed by atoms with E-state index in [0.717, 1.165) is 18.5 Å². The molecule has 0 amide bonds. The summed E-state index contributed by atoms with van der Waals surface area (Å²) in [6.45, 7) is 3.81. The SMILES string of the molecule is CCC1CCCCCN1CC(=O)c1ccc(Cl)cc1. The Balaban J connectivity index is 2.01. The maximum Gasteiger partial charge on any atom is 0.176 e. The van der Waals surface area contributed by atoms with E-state index < -0.39 is 0 Å². The molecule has 0 spiro atoms. The van der Waals surface area contributed by atoms with Gasteiger partial charge in [-0.15, -0.1) is 0 Å². The number of carbonyl (C=O) groups is 1. The van der Waals surface area contributed by atoms with Gasteiger partial charge in [-0.05, 0) is 50.1 Å².